The number of carbonyl (C=O) groups is 1. The highest BCUT2D eigenvalue weighted by atomic mass is 35.5. The Morgan fingerprint density at radius 1 is 1.17 bits per heavy atom. The van der Waals surface area contributed by atoms with Gasteiger partial charge in [0.05, 0.1) is 11.3 Å². The predicted octanol–water partition coefficient (Wildman–Crippen LogP) is 5.64. The van der Waals surface area contributed by atoms with Crippen molar-refractivity contribution >= 4 is 23.2 Å². The molecule has 4 rings (SSSR count). The third-order valence-electron chi connectivity index (χ3n) is 6.80. The molecule has 2 aromatic carbocycles. The molecule has 1 aromatic heterocycles. The van der Waals surface area contributed by atoms with Crippen LogP contribution in [0.3, 0.4) is 0 Å². The number of benzene rings is 2. The van der Waals surface area contributed by atoms with Gasteiger partial charge < -0.3 is 15.1 Å². The first kappa shape index (κ1) is 25.6. The molecule has 3 aromatic rings. The van der Waals surface area contributed by atoms with Gasteiger partial charge in [0.25, 0.3) is 5.91 Å². The first-order valence-electron chi connectivity index (χ1n) is 12.1. The molecule has 0 aliphatic heterocycles. The number of carbonyl (C=O) groups excluding carboxylic acids is 1. The summed E-state index contributed by atoms with van der Waals surface area (Å²) in [5, 5.41) is 16.7. The summed E-state index contributed by atoms with van der Waals surface area (Å²) in [5.74, 6) is -1.50. The number of halogens is 2. The lowest BCUT2D eigenvalue weighted by Crippen LogP contribution is -2.36. The third kappa shape index (κ3) is 5.85. The van der Waals surface area contributed by atoms with Crippen molar-refractivity contribution in [3.63, 3.8) is 0 Å². The van der Waals surface area contributed by atoms with Crippen molar-refractivity contribution in [1.29, 1.82) is 0 Å². The number of hydrogen-bond donors (Lipinski definition) is 2. The van der Waals surface area contributed by atoms with Crippen molar-refractivity contribution in [3.8, 4) is 0 Å². The molecule has 1 fully saturated rings. The van der Waals surface area contributed by atoms with Crippen LogP contribution in [0.25, 0.3) is 0 Å². The SMILES string of the molecule is Cn1cc(/C(CC(c2ccc(C(=O)NC3CCCCC3)c(F)c2)c2ccccc2Cl)=N/O)ccc1=O. The lowest BCUT2D eigenvalue weighted by Gasteiger charge is -2.23. The number of aromatic nitrogens is 1. The zero-order chi connectivity index (χ0) is 25.7. The van der Waals surface area contributed by atoms with Gasteiger partial charge in [-0.2, -0.15) is 0 Å². The molecular weight excluding hydrogens is 481 g/mol. The Morgan fingerprint density at radius 2 is 1.92 bits per heavy atom. The first-order chi connectivity index (χ1) is 17.4. The van der Waals surface area contributed by atoms with Gasteiger partial charge in [-0.3, -0.25) is 9.59 Å². The molecular formula is C28H29ClFN3O3. The number of rotatable bonds is 7. The van der Waals surface area contributed by atoms with Crippen molar-refractivity contribution in [2.75, 3.05) is 0 Å². The van der Waals surface area contributed by atoms with Gasteiger partial charge in [0.1, 0.15) is 5.82 Å². The first-order valence-corrected chi connectivity index (χ1v) is 12.5. The van der Waals surface area contributed by atoms with Gasteiger partial charge >= 0.3 is 0 Å². The molecule has 8 heteroatoms. The number of hydrogen-bond acceptors (Lipinski definition) is 4. The van der Waals surface area contributed by atoms with Crippen LogP contribution in [0.5, 0.6) is 0 Å². The molecule has 1 heterocycles. The van der Waals surface area contributed by atoms with Crippen LogP contribution in [-0.4, -0.2) is 27.4 Å². The minimum absolute atomic E-state index is 0.00339. The Kier molecular flexibility index (Phi) is 8.21. The second-order valence-electron chi connectivity index (χ2n) is 9.24. The molecule has 6 nitrogen and oxygen atoms in total. The number of pyridine rings is 1. The molecule has 36 heavy (non-hydrogen) atoms. The Balaban J connectivity index is 1.66. The van der Waals surface area contributed by atoms with Crippen molar-refractivity contribution in [3.05, 3.63) is 104 Å². The van der Waals surface area contributed by atoms with Gasteiger partial charge in [0.15, 0.2) is 0 Å². The van der Waals surface area contributed by atoms with E-state index in [0.717, 1.165) is 37.7 Å². The van der Waals surface area contributed by atoms with Crippen LogP contribution in [0, 0.1) is 5.82 Å². The number of nitrogens with one attached hydrogen (secondary N) is 1. The van der Waals surface area contributed by atoms with E-state index in [0.29, 0.717) is 21.9 Å². The maximum atomic E-state index is 15.3. The average Bonchev–Trinajstić information content (AvgIpc) is 2.88. The smallest absolute Gasteiger partial charge is 0.254 e. The largest absolute Gasteiger partial charge is 0.411 e. The predicted molar refractivity (Wildman–Crippen MR) is 139 cm³/mol. The molecule has 0 saturated heterocycles. The van der Waals surface area contributed by atoms with Crippen molar-refractivity contribution in [1.82, 2.24) is 9.88 Å². The van der Waals surface area contributed by atoms with E-state index >= 15 is 4.39 Å². The van der Waals surface area contributed by atoms with Crippen LogP contribution in [0.2, 0.25) is 5.02 Å². The average molecular weight is 510 g/mol. The summed E-state index contributed by atoms with van der Waals surface area (Å²) in [6.45, 7) is 0. The van der Waals surface area contributed by atoms with Crippen LogP contribution < -0.4 is 10.9 Å². The van der Waals surface area contributed by atoms with Crippen LogP contribution in [0.1, 0.15) is 71.5 Å². The second kappa shape index (κ2) is 11.5. The fourth-order valence-corrected chi connectivity index (χ4v) is 5.05. The van der Waals surface area contributed by atoms with Gasteiger partial charge in [0.2, 0.25) is 5.56 Å². The maximum Gasteiger partial charge on any atom is 0.254 e. The molecule has 0 spiro atoms. The molecule has 188 valence electrons. The van der Waals surface area contributed by atoms with Gasteiger partial charge in [-0.05, 0) is 48.2 Å². The monoisotopic (exact) mass is 509 g/mol. The van der Waals surface area contributed by atoms with Crippen LogP contribution in [-0.2, 0) is 7.05 Å². The van der Waals surface area contributed by atoms with Gasteiger partial charge in [-0.1, -0.05) is 60.3 Å². The summed E-state index contributed by atoms with van der Waals surface area (Å²) in [5.41, 5.74) is 1.99. The molecule has 2 N–H and O–H groups in total. The second-order valence-corrected chi connectivity index (χ2v) is 9.65. The van der Waals surface area contributed by atoms with E-state index in [-0.39, 0.29) is 23.6 Å². The number of amides is 1. The minimum Gasteiger partial charge on any atom is -0.411 e. The van der Waals surface area contributed by atoms with E-state index in [4.69, 9.17) is 11.6 Å². The van der Waals surface area contributed by atoms with E-state index in [1.165, 1.54) is 22.8 Å². The lowest BCUT2D eigenvalue weighted by molar-refractivity contribution is 0.0923. The van der Waals surface area contributed by atoms with E-state index in [1.54, 1.807) is 37.5 Å². The molecule has 0 radical (unpaired) electrons. The molecule has 1 amide bonds. The van der Waals surface area contributed by atoms with Crippen LogP contribution in [0.4, 0.5) is 4.39 Å². The zero-order valence-corrected chi connectivity index (χ0v) is 20.8. The molecule has 1 aliphatic carbocycles. The van der Waals surface area contributed by atoms with Gasteiger partial charge in [0, 0.05) is 48.3 Å². The molecule has 0 bridgehead atoms. The summed E-state index contributed by atoms with van der Waals surface area (Å²) >= 11 is 6.51. The Labute approximate surface area is 214 Å². The topological polar surface area (TPSA) is 83.7 Å². The maximum absolute atomic E-state index is 15.3. The Morgan fingerprint density at radius 3 is 2.58 bits per heavy atom. The van der Waals surface area contributed by atoms with E-state index in [1.807, 2.05) is 12.1 Å². The summed E-state index contributed by atoms with van der Waals surface area (Å²) in [7, 11) is 1.61. The van der Waals surface area contributed by atoms with Crippen LogP contribution in [0.15, 0.2) is 70.7 Å². The highest BCUT2D eigenvalue weighted by molar-refractivity contribution is 6.31. The molecule has 1 aliphatic rings. The Bertz CT molecular complexity index is 1330. The van der Waals surface area contributed by atoms with E-state index in [9.17, 15) is 14.8 Å². The van der Waals surface area contributed by atoms with Crippen molar-refractivity contribution < 1.29 is 14.4 Å². The highest BCUT2D eigenvalue weighted by Gasteiger charge is 2.24. The van der Waals surface area contributed by atoms with Gasteiger partial charge in [-0.25, -0.2) is 4.39 Å². The number of nitrogens with zero attached hydrogens (tertiary/aromatic N) is 2. The minimum atomic E-state index is -0.623. The molecule has 1 unspecified atom stereocenters. The fraction of sp³-hybridized carbons (Fsp3) is 0.321. The summed E-state index contributed by atoms with van der Waals surface area (Å²) in [6, 6.07) is 14.8. The standard InChI is InChI=1S/C28H29ClFN3O3/c1-33-17-19(12-14-27(33)34)26(32-36)16-23(21-9-5-6-10-24(21)29)18-11-13-22(25(30)15-18)28(35)31-20-7-3-2-4-8-20/h5-6,9-15,17,20,23,36H,2-4,7-8,16H2,1H3,(H,31,35)/b32-26+. The van der Waals surface area contributed by atoms with Crippen molar-refractivity contribution in [2.24, 2.45) is 12.2 Å². The zero-order valence-electron chi connectivity index (χ0n) is 20.1. The number of aryl methyl sites for hydroxylation is 1. The molecule has 1 atom stereocenters. The normalized spacial score (nSPS) is 15.5. The highest BCUT2D eigenvalue weighted by Crippen LogP contribution is 2.35. The third-order valence-corrected chi connectivity index (χ3v) is 7.14. The van der Waals surface area contributed by atoms with E-state index < -0.39 is 17.6 Å². The Hall–Kier alpha value is -3.45. The van der Waals surface area contributed by atoms with Crippen LogP contribution >= 0.6 is 11.6 Å². The summed E-state index contributed by atoms with van der Waals surface area (Å²) in [6.07, 6.45) is 6.89. The summed E-state index contributed by atoms with van der Waals surface area (Å²) in [4.78, 5) is 24.6. The van der Waals surface area contributed by atoms with Crippen molar-refractivity contribution in [2.45, 2.75) is 50.5 Å². The lowest BCUT2D eigenvalue weighted by atomic mass is 9.85. The van der Waals surface area contributed by atoms with E-state index in [2.05, 4.69) is 10.5 Å². The number of oxime groups is 1. The molecule has 1 saturated carbocycles. The fourth-order valence-electron chi connectivity index (χ4n) is 4.78. The van der Waals surface area contributed by atoms with Gasteiger partial charge in [-0.15, -0.1) is 0 Å². The quantitative estimate of drug-likeness (QED) is 0.245. The summed E-state index contributed by atoms with van der Waals surface area (Å²) < 4.78 is 16.7.